The summed E-state index contributed by atoms with van der Waals surface area (Å²) < 4.78 is 0. The van der Waals surface area contributed by atoms with E-state index in [9.17, 15) is 0 Å². The summed E-state index contributed by atoms with van der Waals surface area (Å²) in [5, 5.41) is 0. The first-order chi connectivity index (χ1) is 3.92. The lowest BCUT2D eigenvalue weighted by atomic mass is 9.91. The Kier molecular flexibility index (Phi) is 2.96. The van der Waals surface area contributed by atoms with E-state index in [1.54, 1.807) is 0 Å². The molecular formula is C9H17. The molecule has 0 N–H and O–H groups in total. The fraction of sp³-hybridized carbons (Fsp3) is 0.667. The summed E-state index contributed by atoms with van der Waals surface area (Å²) in [5.74, 6) is 0. The van der Waals surface area contributed by atoms with Gasteiger partial charge in [-0.05, 0) is 32.6 Å². The molecule has 0 rings (SSSR count). The molecule has 1 radical (unpaired) electrons. The maximum absolute atomic E-state index is 4.00. The van der Waals surface area contributed by atoms with Crippen LogP contribution in [0.4, 0.5) is 0 Å². The van der Waals surface area contributed by atoms with Gasteiger partial charge in [0.25, 0.3) is 0 Å². The minimum atomic E-state index is 0.206. The van der Waals surface area contributed by atoms with E-state index in [0.29, 0.717) is 0 Å². The summed E-state index contributed by atoms with van der Waals surface area (Å²) >= 11 is 0. The third-order valence-corrected chi connectivity index (χ3v) is 1.06. The maximum atomic E-state index is 4.00. The SMILES string of the molecule is [CH2]C(C)(C)CC=C(C)C. The van der Waals surface area contributed by atoms with E-state index in [1.807, 2.05) is 0 Å². The minimum absolute atomic E-state index is 0.206. The quantitative estimate of drug-likeness (QED) is 0.497. The van der Waals surface area contributed by atoms with Gasteiger partial charge in [-0.3, -0.25) is 0 Å². The highest BCUT2D eigenvalue weighted by molar-refractivity contribution is 4.96. The van der Waals surface area contributed by atoms with Gasteiger partial charge >= 0.3 is 0 Å². The number of rotatable bonds is 2. The third-order valence-electron chi connectivity index (χ3n) is 1.06. The lowest BCUT2D eigenvalue weighted by Crippen LogP contribution is -2.02. The first-order valence-corrected chi connectivity index (χ1v) is 3.40. The molecule has 0 aromatic rings. The van der Waals surface area contributed by atoms with Crippen LogP contribution in [0, 0.1) is 12.3 Å². The first kappa shape index (κ1) is 8.74. The predicted molar refractivity (Wildman–Crippen MR) is 43.2 cm³/mol. The van der Waals surface area contributed by atoms with Crippen LogP contribution in [0.15, 0.2) is 11.6 Å². The minimum Gasteiger partial charge on any atom is -0.0854 e. The van der Waals surface area contributed by atoms with Gasteiger partial charge in [0, 0.05) is 0 Å². The van der Waals surface area contributed by atoms with Crippen LogP contribution in [0.1, 0.15) is 34.1 Å². The normalized spacial score (nSPS) is 11.2. The van der Waals surface area contributed by atoms with Gasteiger partial charge in [-0.25, -0.2) is 0 Å². The van der Waals surface area contributed by atoms with Crippen LogP contribution < -0.4 is 0 Å². The fourth-order valence-corrected chi connectivity index (χ4v) is 0.480. The molecule has 0 unspecified atom stereocenters. The maximum Gasteiger partial charge on any atom is -0.0297 e. The van der Waals surface area contributed by atoms with Crippen molar-refractivity contribution in [3.05, 3.63) is 18.6 Å². The van der Waals surface area contributed by atoms with Gasteiger partial charge in [0.2, 0.25) is 0 Å². The Balaban J connectivity index is 3.64. The van der Waals surface area contributed by atoms with E-state index in [1.165, 1.54) is 5.57 Å². The molecular weight excluding hydrogens is 108 g/mol. The Labute approximate surface area is 59.0 Å². The van der Waals surface area contributed by atoms with Gasteiger partial charge in [-0.1, -0.05) is 25.5 Å². The Morgan fingerprint density at radius 1 is 1.44 bits per heavy atom. The van der Waals surface area contributed by atoms with Gasteiger partial charge in [0.15, 0.2) is 0 Å². The van der Waals surface area contributed by atoms with E-state index in [-0.39, 0.29) is 5.41 Å². The van der Waals surface area contributed by atoms with Gasteiger partial charge in [0.1, 0.15) is 0 Å². The van der Waals surface area contributed by atoms with Gasteiger partial charge in [-0.2, -0.15) is 0 Å². The van der Waals surface area contributed by atoms with Crippen molar-refractivity contribution in [2.24, 2.45) is 5.41 Å². The third kappa shape index (κ3) is 7.74. The van der Waals surface area contributed by atoms with Gasteiger partial charge in [-0.15, -0.1) is 0 Å². The fourth-order valence-electron chi connectivity index (χ4n) is 0.480. The van der Waals surface area contributed by atoms with Crippen LogP contribution in [0.25, 0.3) is 0 Å². The summed E-state index contributed by atoms with van der Waals surface area (Å²) in [5.41, 5.74) is 1.59. The zero-order valence-corrected chi connectivity index (χ0v) is 6.99. The lowest BCUT2D eigenvalue weighted by molar-refractivity contribution is 0.482. The van der Waals surface area contributed by atoms with Crippen molar-refractivity contribution in [1.29, 1.82) is 0 Å². The van der Waals surface area contributed by atoms with Crippen molar-refractivity contribution in [1.82, 2.24) is 0 Å². The Morgan fingerprint density at radius 2 is 1.89 bits per heavy atom. The molecule has 0 aromatic carbocycles. The highest BCUT2D eigenvalue weighted by atomic mass is 14.1. The molecule has 53 valence electrons. The molecule has 0 saturated heterocycles. The number of allylic oxidation sites excluding steroid dienone is 2. The van der Waals surface area contributed by atoms with Crippen molar-refractivity contribution in [2.75, 3.05) is 0 Å². The largest absolute Gasteiger partial charge is 0.0854 e. The molecule has 0 saturated carbocycles. The molecule has 0 spiro atoms. The van der Waals surface area contributed by atoms with Gasteiger partial charge in [0.05, 0.1) is 0 Å². The van der Waals surface area contributed by atoms with Crippen molar-refractivity contribution in [2.45, 2.75) is 34.1 Å². The van der Waals surface area contributed by atoms with Crippen LogP contribution in [-0.4, -0.2) is 0 Å². The van der Waals surface area contributed by atoms with E-state index in [0.717, 1.165) is 6.42 Å². The Bertz CT molecular complexity index is 97.7. The number of hydrogen-bond acceptors (Lipinski definition) is 0. The monoisotopic (exact) mass is 125 g/mol. The molecule has 0 bridgehead atoms. The number of hydrogen-bond donors (Lipinski definition) is 0. The molecule has 0 amide bonds. The molecule has 9 heavy (non-hydrogen) atoms. The van der Waals surface area contributed by atoms with Crippen molar-refractivity contribution in [3.8, 4) is 0 Å². The van der Waals surface area contributed by atoms with Gasteiger partial charge < -0.3 is 0 Å². The zero-order valence-electron chi connectivity index (χ0n) is 6.99. The molecule has 0 heterocycles. The summed E-state index contributed by atoms with van der Waals surface area (Å²) in [6.45, 7) is 12.5. The molecule has 0 heteroatoms. The van der Waals surface area contributed by atoms with E-state index < -0.39 is 0 Å². The topological polar surface area (TPSA) is 0 Å². The highest BCUT2D eigenvalue weighted by Gasteiger charge is 2.06. The Hall–Kier alpha value is -0.260. The summed E-state index contributed by atoms with van der Waals surface area (Å²) in [4.78, 5) is 0. The molecule has 0 aliphatic rings. The van der Waals surface area contributed by atoms with Crippen LogP contribution in [0.3, 0.4) is 0 Å². The van der Waals surface area contributed by atoms with Crippen molar-refractivity contribution < 1.29 is 0 Å². The molecule has 0 aliphatic heterocycles. The van der Waals surface area contributed by atoms with Crippen LogP contribution in [-0.2, 0) is 0 Å². The van der Waals surface area contributed by atoms with Crippen LogP contribution >= 0.6 is 0 Å². The summed E-state index contributed by atoms with van der Waals surface area (Å²) in [7, 11) is 0. The molecule has 0 nitrogen and oxygen atoms in total. The average molecular weight is 125 g/mol. The van der Waals surface area contributed by atoms with Crippen molar-refractivity contribution >= 4 is 0 Å². The lowest BCUT2D eigenvalue weighted by Gasteiger charge is -2.14. The van der Waals surface area contributed by atoms with E-state index in [4.69, 9.17) is 0 Å². The van der Waals surface area contributed by atoms with Crippen molar-refractivity contribution in [3.63, 3.8) is 0 Å². The molecule has 0 aromatic heterocycles. The second-order valence-corrected chi connectivity index (χ2v) is 3.65. The standard InChI is InChI=1S/C9H17/c1-8(2)6-7-9(3,4)5/h6H,3,7H2,1-2,4-5H3. The first-order valence-electron chi connectivity index (χ1n) is 3.40. The zero-order chi connectivity index (χ0) is 7.49. The average Bonchev–Trinajstić information content (AvgIpc) is 1.59. The molecule has 0 aliphatic carbocycles. The predicted octanol–water partition coefficient (Wildman–Crippen LogP) is 3.20. The highest BCUT2D eigenvalue weighted by Crippen LogP contribution is 2.18. The smallest absolute Gasteiger partial charge is 0.0297 e. The Morgan fingerprint density at radius 3 is 2.00 bits per heavy atom. The second-order valence-electron chi connectivity index (χ2n) is 3.65. The van der Waals surface area contributed by atoms with Crippen LogP contribution in [0.2, 0.25) is 0 Å². The van der Waals surface area contributed by atoms with E-state index in [2.05, 4.69) is 40.7 Å². The summed E-state index contributed by atoms with van der Waals surface area (Å²) in [6.07, 6.45) is 3.31. The second kappa shape index (κ2) is 3.05. The molecule has 0 fully saturated rings. The van der Waals surface area contributed by atoms with Crippen LogP contribution in [0.5, 0.6) is 0 Å². The van der Waals surface area contributed by atoms with E-state index >= 15 is 0 Å². The molecule has 0 atom stereocenters. The summed E-state index contributed by atoms with van der Waals surface area (Å²) in [6, 6.07) is 0.